The molecule has 28 heavy (non-hydrogen) atoms. The molecule has 0 amide bonds. The number of hydrogen-bond acceptors (Lipinski definition) is 3. The van der Waals surface area contributed by atoms with Gasteiger partial charge in [0.2, 0.25) is 0 Å². The second-order valence-corrected chi connectivity index (χ2v) is 7.21. The number of ether oxygens (including phenoxy) is 1. The van der Waals surface area contributed by atoms with E-state index in [-0.39, 0.29) is 5.75 Å². The molecule has 0 saturated carbocycles. The molecule has 2 N–H and O–H groups in total. The van der Waals surface area contributed by atoms with Crippen molar-refractivity contribution in [3.05, 3.63) is 81.3 Å². The van der Waals surface area contributed by atoms with Crippen molar-refractivity contribution in [2.24, 2.45) is 0 Å². The van der Waals surface area contributed by atoms with Gasteiger partial charge in [0.15, 0.2) is 6.61 Å². The molecule has 144 valence electrons. The molecular weight excluding hydrogens is 399 g/mol. The van der Waals surface area contributed by atoms with Crippen LogP contribution < -0.4 is 4.74 Å². The van der Waals surface area contributed by atoms with Crippen molar-refractivity contribution in [1.82, 2.24) is 0 Å². The molecule has 0 aromatic heterocycles. The third-order valence-corrected chi connectivity index (χ3v) is 5.03. The summed E-state index contributed by atoms with van der Waals surface area (Å²) in [6, 6.07) is 16.3. The summed E-state index contributed by atoms with van der Waals surface area (Å²) in [6.45, 7) is 1.52. The van der Waals surface area contributed by atoms with Gasteiger partial charge in [-0.15, -0.1) is 0 Å². The van der Waals surface area contributed by atoms with Crippen LogP contribution in [0.5, 0.6) is 11.5 Å². The van der Waals surface area contributed by atoms with E-state index in [0.717, 1.165) is 22.3 Å². The second-order valence-electron chi connectivity index (χ2n) is 6.39. The van der Waals surface area contributed by atoms with Crippen LogP contribution in [0.3, 0.4) is 0 Å². The predicted octanol–water partition coefficient (Wildman–Crippen LogP) is 5.73. The molecule has 0 aliphatic carbocycles. The van der Waals surface area contributed by atoms with Gasteiger partial charge in [-0.1, -0.05) is 53.5 Å². The average molecular weight is 417 g/mol. The standard InChI is InChI=1S/C22H18Cl2O4/c1-13-4-2-3-5-16(13)17-8-14(6-7-21(17)25)9-18-19(23)10-15(11-20(18)24)28-12-22(26)27/h2-8,10-11,25H,9,12H2,1H3,(H,26,27). The molecule has 4 nitrogen and oxygen atoms in total. The van der Waals surface area contributed by atoms with Crippen molar-refractivity contribution in [3.8, 4) is 22.6 Å². The first kappa shape index (κ1) is 20.1. The van der Waals surface area contributed by atoms with Gasteiger partial charge in [-0.05, 0) is 53.4 Å². The van der Waals surface area contributed by atoms with Crippen LogP contribution in [0.2, 0.25) is 10.0 Å². The van der Waals surface area contributed by atoms with E-state index in [1.54, 1.807) is 18.2 Å². The van der Waals surface area contributed by atoms with E-state index in [4.69, 9.17) is 33.0 Å². The molecule has 3 aromatic carbocycles. The number of carboxylic acid groups (broad SMARTS) is 1. The molecule has 0 aliphatic heterocycles. The number of phenolic OH excluding ortho intramolecular Hbond substituents is 1. The third-order valence-electron chi connectivity index (χ3n) is 4.35. The van der Waals surface area contributed by atoms with E-state index in [1.165, 1.54) is 0 Å². The van der Waals surface area contributed by atoms with E-state index in [0.29, 0.717) is 27.8 Å². The Morgan fingerprint density at radius 3 is 2.32 bits per heavy atom. The number of halogens is 2. The lowest BCUT2D eigenvalue weighted by molar-refractivity contribution is -0.139. The summed E-state index contributed by atoms with van der Waals surface area (Å²) in [5, 5.41) is 19.8. The SMILES string of the molecule is Cc1ccccc1-c1cc(Cc2c(Cl)cc(OCC(=O)O)cc2Cl)ccc1O. The van der Waals surface area contributed by atoms with Gasteiger partial charge in [0.05, 0.1) is 0 Å². The molecule has 0 radical (unpaired) electrons. The fraction of sp³-hybridized carbons (Fsp3) is 0.136. The normalized spacial score (nSPS) is 10.7. The average Bonchev–Trinajstić information content (AvgIpc) is 2.65. The fourth-order valence-corrected chi connectivity index (χ4v) is 3.57. The molecule has 0 saturated heterocycles. The largest absolute Gasteiger partial charge is 0.507 e. The van der Waals surface area contributed by atoms with Crippen LogP contribution >= 0.6 is 23.2 Å². The summed E-state index contributed by atoms with van der Waals surface area (Å²) < 4.78 is 5.14. The number of phenols is 1. The van der Waals surface area contributed by atoms with Crippen LogP contribution in [-0.4, -0.2) is 22.8 Å². The summed E-state index contributed by atoms with van der Waals surface area (Å²) in [6.07, 6.45) is 0.454. The van der Waals surface area contributed by atoms with Gasteiger partial charge in [0.1, 0.15) is 11.5 Å². The highest BCUT2D eigenvalue weighted by Crippen LogP contribution is 2.35. The Labute approximate surface area is 172 Å². The lowest BCUT2D eigenvalue weighted by Crippen LogP contribution is -2.09. The maximum absolute atomic E-state index is 10.6. The Morgan fingerprint density at radius 1 is 1.00 bits per heavy atom. The van der Waals surface area contributed by atoms with E-state index in [2.05, 4.69) is 0 Å². The first-order chi connectivity index (χ1) is 13.3. The van der Waals surface area contributed by atoms with Gasteiger partial charge in [0.25, 0.3) is 0 Å². The van der Waals surface area contributed by atoms with Crippen LogP contribution in [0.15, 0.2) is 54.6 Å². The number of carbonyl (C=O) groups is 1. The number of carboxylic acids is 1. The maximum atomic E-state index is 10.6. The van der Waals surface area contributed by atoms with Gasteiger partial charge >= 0.3 is 5.97 Å². The molecular formula is C22H18Cl2O4. The zero-order valence-corrected chi connectivity index (χ0v) is 16.6. The summed E-state index contributed by atoms with van der Waals surface area (Å²) in [7, 11) is 0. The van der Waals surface area contributed by atoms with E-state index >= 15 is 0 Å². The van der Waals surface area contributed by atoms with Crippen LogP contribution in [0.4, 0.5) is 0 Å². The van der Waals surface area contributed by atoms with Crippen molar-refractivity contribution in [3.63, 3.8) is 0 Å². The van der Waals surface area contributed by atoms with Crippen molar-refractivity contribution in [1.29, 1.82) is 0 Å². The topological polar surface area (TPSA) is 66.8 Å². The molecule has 3 aromatic rings. The van der Waals surface area contributed by atoms with Gasteiger partial charge in [-0.25, -0.2) is 4.79 Å². The molecule has 0 bridgehead atoms. The Bertz CT molecular complexity index is 1010. The summed E-state index contributed by atoms with van der Waals surface area (Å²) in [4.78, 5) is 10.6. The number of aryl methyl sites for hydroxylation is 1. The first-order valence-corrected chi connectivity index (χ1v) is 9.31. The minimum absolute atomic E-state index is 0.202. The molecule has 0 heterocycles. The second kappa shape index (κ2) is 8.55. The highest BCUT2D eigenvalue weighted by atomic mass is 35.5. The molecule has 0 unspecified atom stereocenters. The summed E-state index contributed by atoms with van der Waals surface area (Å²) >= 11 is 12.7. The molecule has 0 spiro atoms. The number of aromatic hydroxyl groups is 1. The highest BCUT2D eigenvalue weighted by molar-refractivity contribution is 6.36. The lowest BCUT2D eigenvalue weighted by Gasteiger charge is -2.13. The fourth-order valence-electron chi connectivity index (χ4n) is 2.97. The van der Waals surface area contributed by atoms with Crippen LogP contribution in [0.1, 0.15) is 16.7 Å². The predicted molar refractivity (Wildman–Crippen MR) is 111 cm³/mol. The van der Waals surface area contributed by atoms with Gasteiger partial charge in [-0.3, -0.25) is 0 Å². The third kappa shape index (κ3) is 4.58. The minimum atomic E-state index is -1.08. The lowest BCUT2D eigenvalue weighted by atomic mass is 9.95. The number of hydrogen-bond donors (Lipinski definition) is 2. The van der Waals surface area contributed by atoms with Crippen LogP contribution in [0.25, 0.3) is 11.1 Å². The van der Waals surface area contributed by atoms with E-state index in [1.807, 2.05) is 43.3 Å². The number of aliphatic carboxylic acids is 1. The smallest absolute Gasteiger partial charge is 0.341 e. The molecule has 0 atom stereocenters. The first-order valence-electron chi connectivity index (χ1n) is 8.55. The summed E-state index contributed by atoms with van der Waals surface area (Å²) in [5.41, 5.74) is 4.39. The molecule has 6 heteroatoms. The minimum Gasteiger partial charge on any atom is -0.507 e. The monoisotopic (exact) mass is 416 g/mol. The quantitative estimate of drug-likeness (QED) is 0.538. The van der Waals surface area contributed by atoms with Crippen molar-refractivity contribution < 1.29 is 19.7 Å². The van der Waals surface area contributed by atoms with Crippen LogP contribution in [0, 0.1) is 6.92 Å². The Kier molecular flexibility index (Phi) is 6.12. The Morgan fingerprint density at radius 2 is 1.68 bits per heavy atom. The number of rotatable bonds is 6. The van der Waals surface area contributed by atoms with Crippen molar-refractivity contribution in [2.45, 2.75) is 13.3 Å². The molecule has 0 aliphatic rings. The molecule has 0 fully saturated rings. The van der Waals surface area contributed by atoms with Crippen LogP contribution in [-0.2, 0) is 11.2 Å². The Hall–Kier alpha value is -2.69. The zero-order chi connectivity index (χ0) is 20.3. The Balaban J connectivity index is 1.91. The van der Waals surface area contributed by atoms with Gasteiger partial charge in [-0.2, -0.15) is 0 Å². The maximum Gasteiger partial charge on any atom is 0.341 e. The van der Waals surface area contributed by atoms with E-state index in [9.17, 15) is 9.90 Å². The highest BCUT2D eigenvalue weighted by Gasteiger charge is 2.13. The van der Waals surface area contributed by atoms with Crippen molar-refractivity contribution in [2.75, 3.05) is 6.61 Å². The van der Waals surface area contributed by atoms with E-state index < -0.39 is 12.6 Å². The van der Waals surface area contributed by atoms with Gasteiger partial charge in [0, 0.05) is 22.0 Å². The molecule has 3 rings (SSSR count). The zero-order valence-electron chi connectivity index (χ0n) is 15.1. The van der Waals surface area contributed by atoms with Gasteiger partial charge < -0.3 is 14.9 Å². The number of benzene rings is 3. The summed E-state index contributed by atoms with van der Waals surface area (Å²) in [5.74, 6) is -0.579. The van der Waals surface area contributed by atoms with Crippen molar-refractivity contribution >= 4 is 29.2 Å².